The molecule has 0 aliphatic heterocycles. The molecule has 2 rings (SSSR count). The van der Waals surface area contributed by atoms with Crippen molar-refractivity contribution < 1.29 is 18.3 Å². The lowest BCUT2D eigenvalue weighted by atomic mass is 10.1. The first-order chi connectivity index (χ1) is 10.0. The van der Waals surface area contributed by atoms with Gasteiger partial charge in [-0.3, -0.25) is 4.79 Å². The van der Waals surface area contributed by atoms with E-state index in [-0.39, 0.29) is 18.1 Å². The molecule has 0 aliphatic carbocycles. The number of benzene rings is 2. The molecule has 21 heavy (non-hydrogen) atoms. The second-order valence-corrected chi connectivity index (χ2v) is 5.94. The summed E-state index contributed by atoms with van der Waals surface area (Å²) in [5.74, 6) is -2.74. The minimum Gasteiger partial charge on any atom is -0.482 e. The van der Waals surface area contributed by atoms with Crippen LogP contribution in [0.2, 0.25) is 0 Å². The van der Waals surface area contributed by atoms with Gasteiger partial charge in [0.1, 0.15) is 0 Å². The van der Waals surface area contributed by atoms with Crippen LogP contribution < -0.4 is 4.74 Å². The lowest BCUT2D eigenvalue weighted by Gasteiger charge is -2.08. The Kier molecular flexibility index (Phi) is 5.36. The number of hydrogen-bond acceptors (Lipinski definition) is 3. The first kappa shape index (κ1) is 16.0. The highest BCUT2D eigenvalue weighted by atomic mass is 79.9. The van der Waals surface area contributed by atoms with Crippen molar-refractivity contribution in [3.8, 4) is 5.75 Å². The molecule has 0 aliphatic rings. The van der Waals surface area contributed by atoms with Crippen molar-refractivity contribution in [2.45, 2.75) is 4.90 Å². The zero-order valence-corrected chi connectivity index (χ0v) is 13.4. The summed E-state index contributed by atoms with van der Waals surface area (Å²) in [7, 11) is 0. The van der Waals surface area contributed by atoms with E-state index in [2.05, 4.69) is 15.9 Å². The van der Waals surface area contributed by atoms with Crippen LogP contribution in [0.1, 0.15) is 10.4 Å². The second kappa shape index (κ2) is 7.04. The van der Waals surface area contributed by atoms with Gasteiger partial charge >= 0.3 is 0 Å². The molecule has 110 valence electrons. The van der Waals surface area contributed by atoms with Crippen LogP contribution in [0.4, 0.5) is 8.78 Å². The van der Waals surface area contributed by atoms with Gasteiger partial charge in [0.2, 0.25) is 5.82 Å². The molecule has 0 aromatic heterocycles. The van der Waals surface area contributed by atoms with Crippen molar-refractivity contribution in [1.29, 1.82) is 0 Å². The summed E-state index contributed by atoms with van der Waals surface area (Å²) in [6.07, 6.45) is 1.94. The SMILES string of the molecule is CSc1ccc(C(=O)COc2cc(Br)cc(F)c2F)cc1. The van der Waals surface area contributed by atoms with Crippen molar-refractivity contribution in [3.05, 3.63) is 58.1 Å². The molecule has 0 N–H and O–H groups in total. The van der Waals surface area contributed by atoms with E-state index < -0.39 is 11.6 Å². The Bertz CT molecular complexity index is 659. The Morgan fingerprint density at radius 2 is 1.90 bits per heavy atom. The minimum absolute atomic E-state index is 0.295. The maximum absolute atomic E-state index is 13.5. The Hall–Kier alpha value is -1.40. The smallest absolute Gasteiger partial charge is 0.200 e. The highest BCUT2D eigenvalue weighted by Gasteiger charge is 2.13. The second-order valence-electron chi connectivity index (χ2n) is 4.14. The van der Waals surface area contributed by atoms with E-state index in [4.69, 9.17) is 4.74 Å². The summed E-state index contributed by atoms with van der Waals surface area (Å²) in [4.78, 5) is 13.0. The van der Waals surface area contributed by atoms with Crippen LogP contribution in [0.15, 0.2) is 45.8 Å². The van der Waals surface area contributed by atoms with Gasteiger partial charge < -0.3 is 4.74 Å². The zero-order valence-electron chi connectivity index (χ0n) is 11.0. The first-order valence-corrected chi connectivity index (χ1v) is 7.97. The van der Waals surface area contributed by atoms with Gasteiger partial charge in [0.25, 0.3) is 0 Å². The third-order valence-corrected chi connectivity index (χ3v) is 3.93. The van der Waals surface area contributed by atoms with Crippen LogP contribution in [0.25, 0.3) is 0 Å². The van der Waals surface area contributed by atoms with Gasteiger partial charge in [-0.15, -0.1) is 11.8 Å². The van der Waals surface area contributed by atoms with Crippen LogP contribution in [-0.4, -0.2) is 18.6 Å². The van der Waals surface area contributed by atoms with Gasteiger partial charge in [-0.25, -0.2) is 4.39 Å². The van der Waals surface area contributed by atoms with Crippen LogP contribution in [0.3, 0.4) is 0 Å². The third kappa shape index (κ3) is 4.04. The number of thioether (sulfide) groups is 1. The molecule has 0 spiro atoms. The van der Waals surface area contributed by atoms with Crippen LogP contribution in [0.5, 0.6) is 5.75 Å². The number of ether oxygens (including phenoxy) is 1. The zero-order chi connectivity index (χ0) is 15.4. The predicted octanol–water partition coefficient (Wildman–Crippen LogP) is 4.71. The normalized spacial score (nSPS) is 10.5. The van der Waals surface area contributed by atoms with Crippen molar-refractivity contribution in [3.63, 3.8) is 0 Å². The summed E-state index contributed by atoms with van der Waals surface area (Å²) in [6.45, 7) is -0.356. The van der Waals surface area contributed by atoms with Gasteiger partial charge in [-0.2, -0.15) is 4.39 Å². The van der Waals surface area contributed by atoms with E-state index in [1.165, 1.54) is 6.07 Å². The average Bonchev–Trinajstić information content (AvgIpc) is 2.49. The largest absolute Gasteiger partial charge is 0.482 e. The van der Waals surface area contributed by atoms with E-state index in [0.29, 0.717) is 10.0 Å². The Labute approximate surface area is 133 Å². The summed E-state index contributed by atoms with van der Waals surface area (Å²) in [6, 6.07) is 9.26. The molecular weight excluding hydrogens is 362 g/mol. The number of carbonyl (C=O) groups is 1. The molecule has 0 unspecified atom stereocenters. The van der Waals surface area contributed by atoms with Crippen molar-refractivity contribution in [2.24, 2.45) is 0 Å². The fourth-order valence-corrected chi connectivity index (χ4v) is 2.46. The monoisotopic (exact) mass is 372 g/mol. The van der Waals surface area contributed by atoms with E-state index in [9.17, 15) is 13.6 Å². The molecule has 0 saturated carbocycles. The third-order valence-electron chi connectivity index (χ3n) is 2.73. The lowest BCUT2D eigenvalue weighted by Crippen LogP contribution is -2.12. The molecule has 0 atom stereocenters. The highest BCUT2D eigenvalue weighted by molar-refractivity contribution is 9.10. The Morgan fingerprint density at radius 3 is 2.52 bits per heavy atom. The van der Waals surface area contributed by atoms with E-state index in [0.717, 1.165) is 11.0 Å². The average molecular weight is 373 g/mol. The maximum atomic E-state index is 13.5. The van der Waals surface area contributed by atoms with Gasteiger partial charge in [-0.1, -0.05) is 28.1 Å². The Balaban J connectivity index is 2.07. The van der Waals surface area contributed by atoms with E-state index in [1.807, 2.05) is 18.4 Å². The van der Waals surface area contributed by atoms with E-state index >= 15 is 0 Å². The van der Waals surface area contributed by atoms with Gasteiger partial charge in [0, 0.05) is 14.9 Å². The summed E-state index contributed by atoms with van der Waals surface area (Å²) in [5.41, 5.74) is 0.462. The quantitative estimate of drug-likeness (QED) is 0.431. The molecular formula is C15H11BrF2O2S. The topological polar surface area (TPSA) is 26.3 Å². The molecule has 0 amide bonds. The maximum Gasteiger partial charge on any atom is 0.200 e. The minimum atomic E-state index is -1.11. The standard InChI is InChI=1S/C15H11BrF2O2S/c1-21-11-4-2-9(3-5-11)13(19)8-20-14-7-10(16)6-12(17)15(14)18/h2-7H,8H2,1H3. The molecule has 0 fully saturated rings. The number of halogens is 3. The predicted molar refractivity (Wildman–Crippen MR) is 82.1 cm³/mol. The summed E-state index contributed by atoms with van der Waals surface area (Å²) >= 11 is 4.61. The highest BCUT2D eigenvalue weighted by Crippen LogP contribution is 2.25. The van der Waals surface area contributed by atoms with Crippen molar-refractivity contribution >= 4 is 33.5 Å². The fraction of sp³-hybridized carbons (Fsp3) is 0.133. The molecule has 2 aromatic carbocycles. The molecule has 2 nitrogen and oxygen atoms in total. The molecule has 0 heterocycles. The summed E-state index contributed by atoms with van der Waals surface area (Å²) < 4.78 is 32.1. The van der Waals surface area contributed by atoms with E-state index in [1.54, 1.807) is 23.9 Å². The van der Waals surface area contributed by atoms with Crippen molar-refractivity contribution in [1.82, 2.24) is 0 Å². The van der Waals surface area contributed by atoms with Crippen LogP contribution in [-0.2, 0) is 0 Å². The fourth-order valence-electron chi connectivity index (χ4n) is 1.64. The van der Waals surface area contributed by atoms with Gasteiger partial charge in [-0.05, 0) is 30.5 Å². The van der Waals surface area contributed by atoms with Gasteiger partial charge in [0.15, 0.2) is 24.0 Å². The lowest BCUT2D eigenvalue weighted by molar-refractivity contribution is 0.0918. The van der Waals surface area contributed by atoms with Crippen LogP contribution in [0, 0.1) is 11.6 Å². The molecule has 0 radical (unpaired) electrons. The van der Waals surface area contributed by atoms with Crippen LogP contribution >= 0.6 is 27.7 Å². The number of carbonyl (C=O) groups excluding carboxylic acids is 1. The summed E-state index contributed by atoms with van der Waals surface area (Å²) in [5, 5.41) is 0. The number of hydrogen-bond donors (Lipinski definition) is 0. The number of ketones is 1. The molecule has 0 bridgehead atoms. The van der Waals surface area contributed by atoms with Crippen molar-refractivity contribution in [2.75, 3.05) is 12.9 Å². The Morgan fingerprint density at radius 1 is 1.24 bits per heavy atom. The number of Topliss-reactive ketones (excluding diaryl/α,β-unsaturated/α-hetero) is 1. The molecule has 0 saturated heterocycles. The number of rotatable bonds is 5. The van der Waals surface area contributed by atoms with Gasteiger partial charge in [0.05, 0.1) is 0 Å². The first-order valence-electron chi connectivity index (χ1n) is 5.96. The molecule has 2 aromatic rings. The molecule has 6 heteroatoms.